The zero-order valence-electron chi connectivity index (χ0n) is 11.9. The van der Waals surface area contributed by atoms with Crippen molar-refractivity contribution in [3.05, 3.63) is 39.4 Å². The summed E-state index contributed by atoms with van der Waals surface area (Å²) < 4.78 is 7.17. The van der Waals surface area contributed by atoms with Crippen LogP contribution in [-0.2, 0) is 6.42 Å². The number of ether oxygens (including phenoxy) is 1. The molecule has 1 N–H and O–H groups in total. The number of nitrogens with one attached hydrogen (secondary N) is 1. The molecule has 2 heterocycles. The van der Waals surface area contributed by atoms with Gasteiger partial charge in [-0.25, -0.2) is 9.97 Å². The molecule has 1 unspecified atom stereocenters. The molecule has 0 aliphatic carbocycles. The lowest BCUT2D eigenvalue weighted by atomic mass is 10.2. The molecule has 110 valence electrons. The maximum atomic E-state index is 6.08. The Morgan fingerprint density at radius 3 is 2.95 bits per heavy atom. The molecule has 1 aromatic heterocycles. The largest absolute Gasteiger partial charge is 0.480 e. The molecular formula is C15H16IN3OS. The van der Waals surface area contributed by atoms with Crippen LogP contribution in [0.25, 0.3) is 0 Å². The number of para-hydroxylation sites is 1. The van der Waals surface area contributed by atoms with E-state index in [0.29, 0.717) is 0 Å². The Bertz CT molecular complexity index is 640. The van der Waals surface area contributed by atoms with Crippen LogP contribution in [0.1, 0.15) is 24.5 Å². The van der Waals surface area contributed by atoms with E-state index in [2.05, 4.69) is 45.9 Å². The van der Waals surface area contributed by atoms with Gasteiger partial charge in [-0.2, -0.15) is 0 Å². The number of aromatic nitrogens is 2. The summed E-state index contributed by atoms with van der Waals surface area (Å²) in [4.78, 5) is 10.5. The highest BCUT2D eigenvalue weighted by Crippen LogP contribution is 2.39. The van der Waals surface area contributed by atoms with E-state index in [-0.39, 0.29) is 6.10 Å². The lowest BCUT2D eigenvalue weighted by Crippen LogP contribution is -2.19. The van der Waals surface area contributed by atoms with Gasteiger partial charge >= 0.3 is 0 Å². The minimum Gasteiger partial charge on any atom is -0.480 e. The smallest absolute Gasteiger partial charge is 0.172 e. The van der Waals surface area contributed by atoms with Gasteiger partial charge in [0.1, 0.15) is 11.6 Å². The third-order valence-electron chi connectivity index (χ3n) is 3.31. The maximum absolute atomic E-state index is 6.08. The predicted octanol–water partition coefficient (Wildman–Crippen LogP) is 3.91. The van der Waals surface area contributed by atoms with Crippen LogP contribution < -0.4 is 10.1 Å². The second kappa shape index (κ2) is 6.39. The summed E-state index contributed by atoms with van der Waals surface area (Å²) in [6.07, 6.45) is 0.790. The minimum atomic E-state index is -0.0979. The summed E-state index contributed by atoms with van der Waals surface area (Å²) in [5, 5.41) is 3.15. The molecule has 0 amide bonds. The molecule has 0 saturated carbocycles. The Kier molecular flexibility index (Phi) is 4.54. The average Bonchev–Trinajstić information content (AvgIpc) is 2.54. The third-order valence-corrected chi connectivity index (χ3v) is 5.56. The molecule has 4 nitrogen and oxygen atoms in total. The number of benzene rings is 1. The Labute approximate surface area is 142 Å². The van der Waals surface area contributed by atoms with Crippen molar-refractivity contribution >= 4 is 40.2 Å². The highest BCUT2D eigenvalue weighted by molar-refractivity contribution is 14.1. The molecule has 1 aliphatic heterocycles. The second-order valence-electron chi connectivity index (χ2n) is 4.66. The Morgan fingerprint density at radius 2 is 2.19 bits per heavy atom. The fraction of sp³-hybridized carbons (Fsp3) is 0.333. The van der Waals surface area contributed by atoms with Gasteiger partial charge in [-0.05, 0) is 41.1 Å². The molecule has 1 aliphatic rings. The molecule has 0 fully saturated rings. The van der Waals surface area contributed by atoms with Crippen LogP contribution in [0, 0.1) is 3.57 Å². The van der Waals surface area contributed by atoms with E-state index < -0.39 is 0 Å². The summed E-state index contributed by atoms with van der Waals surface area (Å²) >= 11 is 4.09. The first-order valence-corrected chi connectivity index (χ1v) is 8.92. The summed E-state index contributed by atoms with van der Waals surface area (Å²) in [5.74, 6) is 3.40. The second-order valence-corrected chi connectivity index (χ2v) is 6.80. The number of hydrogen-bond acceptors (Lipinski definition) is 5. The number of rotatable bonds is 3. The lowest BCUT2D eigenvalue weighted by Gasteiger charge is -2.25. The number of halogens is 1. The predicted molar refractivity (Wildman–Crippen MR) is 94.2 cm³/mol. The van der Waals surface area contributed by atoms with Gasteiger partial charge in [0.25, 0.3) is 0 Å². The fourth-order valence-electron chi connectivity index (χ4n) is 2.20. The first kappa shape index (κ1) is 14.9. The molecule has 3 rings (SSSR count). The van der Waals surface area contributed by atoms with Gasteiger partial charge in [0.2, 0.25) is 0 Å². The molecule has 0 bridgehead atoms. The fourth-order valence-corrected chi connectivity index (χ4v) is 4.08. The molecule has 0 radical (unpaired) electrons. The highest BCUT2D eigenvalue weighted by atomic mass is 127. The van der Waals surface area contributed by atoms with Gasteiger partial charge < -0.3 is 10.1 Å². The van der Waals surface area contributed by atoms with E-state index in [0.717, 1.165) is 38.8 Å². The van der Waals surface area contributed by atoms with E-state index in [9.17, 15) is 0 Å². The number of fused-ring (bicyclic) bond motifs is 1. The number of nitrogens with zero attached hydrogens (tertiary/aromatic N) is 2. The highest BCUT2D eigenvalue weighted by Gasteiger charge is 2.25. The van der Waals surface area contributed by atoms with Crippen LogP contribution in [0.5, 0.6) is 5.75 Å². The van der Waals surface area contributed by atoms with Gasteiger partial charge in [-0.15, -0.1) is 11.8 Å². The van der Waals surface area contributed by atoms with Crippen molar-refractivity contribution in [2.24, 2.45) is 0 Å². The van der Waals surface area contributed by atoms with Gasteiger partial charge in [-0.3, -0.25) is 0 Å². The van der Waals surface area contributed by atoms with Crippen LogP contribution in [0.15, 0.2) is 29.2 Å². The van der Waals surface area contributed by atoms with Crippen molar-refractivity contribution in [3.8, 4) is 5.75 Å². The topological polar surface area (TPSA) is 47.0 Å². The summed E-state index contributed by atoms with van der Waals surface area (Å²) in [7, 11) is 1.89. The SMILES string of the molecule is CCc1nc(C2CSc3ccccc3O2)nc(NC)c1I. The van der Waals surface area contributed by atoms with Gasteiger partial charge in [0.15, 0.2) is 11.9 Å². The number of aryl methyl sites for hydroxylation is 1. The molecule has 21 heavy (non-hydrogen) atoms. The first-order valence-electron chi connectivity index (χ1n) is 6.85. The van der Waals surface area contributed by atoms with Crippen LogP contribution in [0.3, 0.4) is 0 Å². The van der Waals surface area contributed by atoms with Gasteiger partial charge in [0.05, 0.1) is 9.26 Å². The van der Waals surface area contributed by atoms with Crippen molar-refractivity contribution in [2.45, 2.75) is 24.3 Å². The normalized spacial score (nSPS) is 17.0. The molecule has 1 atom stereocenters. The van der Waals surface area contributed by atoms with E-state index >= 15 is 0 Å². The van der Waals surface area contributed by atoms with E-state index in [1.807, 2.05) is 25.2 Å². The molecular weight excluding hydrogens is 397 g/mol. The van der Waals surface area contributed by atoms with E-state index in [4.69, 9.17) is 9.72 Å². The molecule has 2 aromatic rings. The van der Waals surface area contributed by atoms with E-state index in [1.54, 1.807) is 11.8 Å². The quantitative estimate of drug-likeness (QED) is 0.774. The zero-order valence-corrected chi connectivity index (χ0v) is 14.9. The van der Waals surface area contributed by atoms with Crippen molar-refractivity contribution in [1.82, 2.24) is 9.97 Å². The van der Waals surface area contributed by atoms with Crippen molar-refractivity contribution in [3.63, 3.8) is 0 Å². The van der Waals surface area contributed by atoms with Gasteiger partial charge in [-0.1, -0.05) is 19.1 Å². The third kappa shape index (κ3) is 2.96. The van der Waals surface area contributed by atoms with Crippen LogP contribution in [-0.4, -0.2) is 22.8 Å². The van der Waals surface area contributed by atoms with Crippen LogP contribution in [0.4, 0.5) is 5.82 Å². The monoisotopic (exact) mass is 413 g/mol. The van der Waals surface area contributed by atoms with Crippen molar-refractivity contribution < 1.29 is 4.74 Å². The number of hydrogen-bond donors (Lipinski definition) is 1. The number of thioether (sulfide) groups is 1. The first-order chi connectivity index (χ1) is 10.2. The zero-order chi connectivity index (χ0) is 14.8. The minimum absolute atomic E-state index is 0.0979. The van der Waals surface area contributed by atoms with Crippen LogP contribution >= 0.6 is 34.4 Å². The number of anilines is 1. The summed E-state index contributed by atoms with van der Waals surface area (Å²) in [6, 6.07) is 8.11. The van der Waals surface area contributed by atoms with Gasteiger partial charge in [0, 0.05) is 17.7 Å². The lowest BCUT2D eigenvalue weighted by molar-refractivity contribution is 0.210. The summed E-state index contributed by atoms with van der Waals surface area (Å²) in [5.41, 5.74) is 1.07. The van der Waals surface area contributed by atoms with E-state index in [1.165, 1.54) is 4.90 Å². The maximum Gasteiger partial charge on any atom is 0.172 e. The average molecular weight is 413 g/mol. The van der Waals surface area contributed by atoms with Crippen molar-refractivity contribution in [2.75, 3.05) is 18.1 Å². The summed E-state index contributed by atoms with van der Waals surface area (Å²) in [6.45, 7) is 2.11. The molecule has 0 spiro atoms. The molecule has 6 heteroatoms. The standard InChI is InChI=1S/C15H16IN3OS/c1-3-9-13(16)15(17-2)19-14(18-9)11-8-21-12-7-5-4-6-10(12)20-11/h4-7,11H,3,8H2,1-2H3,(H,17,18,19). The van der Waals surface area contributed by atoms with Crippen molar-refractivity contribution in [1.29, 1.82) is 0 Å². The Hall–Kier alpha value is -1.02. The molecule has 1 aromatic carbocycles. The van der Waals surface area contributed by atoms with Crippen LogP contribution in [0.2, 0.25) is 0 Å². The molecule has 0 saturated heterocycles. The Balaban J connectivity index is 1.95. The Morgan fingerprint density at radius 1 is 1.38 bits per heavy atom.